The predicted octanol–water partition coefficient (Wildman–Crippen LogP) is 5.32. The van der Waals surface area contributed by atoms with Gasteiger partial charge >= 0.3 is 0 Å². The fraction of sp³-hybridized carbons (Fsp3) is 0. The molecule has 1 aromatic carbocycles. The molecule has 3 rings (SSSR count). The molecular weight excluding hydrogens is 411 g/mol. The van der Waals surface area contributed by atoms with Crippen molar-refractivity contribution in [2.45, 2.75) is 0 Å². The van der Waals surface area contributed by atoms with Gasteiger partial charge in [-0.3, -0.25) is 0 Å². The van der Waals surface area contributed by atoms with E-state index in [-0.39, 0.29) is 11.6 Å². The van der Waals surface area contributed by atoms with Crippen molar-refractivity contribution in [3.63, 3.8) is 0 Å². The van der Waals surface area contributed by atoms with Gasteiger partial charge in [-0.2, -0.15) is 0 Å². The van der Waals surface area contributed by atoms with E-state index >= 15 is 0 Å². The first-order valence-electron chi connectivity index (χ1n) is 5.53. The third-order valence-corrected chi connectivity index (χ3v) is 5.99. The molecule has 20 heavy (non-hydrogen) atoms. The Morgan fingerprint density at radius 3 is 2.65 bits per heavy atom. The lowest BCUT2D eigenvalue weighted by atomic mass is 10.0. The molecule has 0 aliphatic heterocycles. The second-order valence-corrected chi connectivity index (χ2v) is 7.21. The number of anilines is 1. The van der Waals surface area contributed by atoms with E-state index in [1.807, 2.05) is 6.07 Å². The highest BCUT2D eigenvalue weighted by atomic mass is 79.9. The second-order valence-electron chi connectivity index (χ2n) is 3.98. The molecule has 2 heterocycles. The molecule has 0 atom stereocenters. The van der Waals surface area contributed by atoms with Crippen molar-refractivity contribution in [1.29, 1.82) is 0 Å². The monoisotopic (exact) mass is 416 g/mol. The van der Waals surface area contributed by atoms with E-state index < -0.39 is 0 Å². The molecule has 0 saturated heterocycles. The summed E-state index contributed by atoms with van der Waals surface area (Å²) in [6.45, 7) is 0. The highest BCUT2D eigenvalue weighted by Crippen LogP contribution is 2.44. The SMILES string of the molecule is Nc1noc(-c2cc(Br)c(Br)s2)c1-c1ccccc1F. The van der Waals surface area contributed by atoms with Gasteiger partial charge in [0.25, 0.3) is 0 Å². The summed E-state index contributed by atoms with van der Waals surface area (Å²) in [5.41, 5.74) is 6.69. The highest BCUT2D eigenvalue weighted by Gasteiger charge is 2.22. The number of thiophene rings is 1. The summed E-state index contributed by atoms with van der Waals surface area (Å²) in [7, 11) is 0. The number of benzene rings is 1. The Kier molecular flexibility index (Phi) is 3.66. The molecule has 2 aromatic heterocycles. The van der Waals surface area contributed by atoms with Gasteiger partial charge in [0.15, 0.2) is 11.6 Å². The Morgan fingerprint density at radius 1 is 1.25 bits per heavy atom. The lowest BCUT2D eigenvalue weighted by Crippen LogP contribution is -1.90. The molecule has 0 unspecified atom stereocenters. The molecule has 3 aromatic rings. The molecule has 3 nitrogen and oxygen atoms in total. The number of aromatic nitrogens is 1. The topological polar surface area (TPSA) is 52.0 Å². The Balaban J connectivity index is 2.23. The lowest BCUT2D eigenvalue weighted by Gasteiger charge is -2.02. The summed E-state index contributed by atoms with van der Waals surface area (Å²) in [5, 5.41) is 3.76. The molecule has 7 heteroatoms. The normalized spacial score (nSPS) is 10.9. The summed E-state index contributed by atoms with van der Waals surface area (Å²) < 4.78 is 21.1. The van der Waals surface area contributed by atoms with Crippen LogP contribution in [0.5, 0.6) is 0 Å². The van der Waals surface area contributed by atoms with Gasteiger partial charge in [-0.15, -0.1) is 11.3 Å². The van der Waals surface area contributed by atoms with Crippen molar-refractivity contribution < 1.29 is 8.91 Å². The number of hydrogen-bond donors (Lipinski definition) is 1. The van der Waals surface area contributed by atoms with Gasteiger partial charge in [0.2, 0.25) is 0 Å². The van der Waals surface area contributed by atoms with Gasteiger partial charge < -0.3 is 10.3 Å². The third-order valence-electron chi connectivity index (χ3n) is 2.73. The van der Waals surface area contributed by atoms with Crippen LogP contribution in [0.3, 0.4) is 0 Å². The van der Waals surface area contributed by atoms with E-state index in [0.29, 0.717) is 16.9 Å². The number of nitrogen functional groups attached to an aromatic ring is 1. The van der Waals surface area contributed by atoms with Crippen LogP contribution in [0, 0.1) is 5.82 Å². The Labute approximate surface area is 134 Å². The van der Waals surface area contributed by atoms with Crippen LogP contribution < -0.4 is 5.73 Å². The van der Waals surface area contributed by atoms with Crippen LogP contribution in [0.15, 0.2) is 43.1 Å². The largest absolute Gasteiger partial charge is 0.380 e. The van der Waals surface area contributed by atoms with Crippen molar-refractivity contribution in [1.82, 2.24) is 5.16 Å². The van der Waals surface area contributed by atoms with E-state index in [2.05, 4.69) is 37.0 Å². The van der Waals surface area contributed by atoms with E-state index in [4.69, 9.17) is 10.3 Å². The van der Waals surface area contributed by atoms with Crippen LogP contribution in [0.1, 0.15) is 0 Å². The van der Waals surface area contributed by atoms with E-state index in [0.717, 1.165) is 13.1 Å². The molecule has 2 N–H and O–H groups in total. The van der Waals surface area contributed by atoms with Gasteiger partial charge in [-0.05, 0) is 44.0 Å². The lowest BCUT2D eigenvalue weighted by molar-refractivity contribution is 0.437. The molecule has 0 amide bonds. The van der Waals surface area contributed by atoms with Crippen molar-refractivity contribution in [2.24, 2.45) is 0 Å². The molecule has 0 aliphatic rings. The van der Waals surface area contributed by atoms with Gasteiger partial charge in [0, 0.05) is 10.0 Å². The highest BCUT2D eigenvalue weighted by molar-refractivity contribution is 9.13. The van der Waals surface area contributed by atoms with E-state index in [1.54, 1.807) is 18.2 Å². The van der Waals surface area contributed by atoms with Crippen LogP contribution in [0.4, 0.5) is 10.2 Å². The van der Waals surface area contributed by atoms with Gasteiger partial charge in [-0.1, -0.05) is 23.4 Å². The number of nitrogens with two attached hydrogens (primary N) is 1. The van der Waals surface area contributed by atoms with Crippen molar-refractivity contribution in [3.8, 4) is 21.8 Å². The minimum Gasteiger partial charge on any atom is -0.380 e. The molecule has 0 radical (unpaired) electrons. The number of rotatable bonds is 2. The fourth-order valence-electron chi connectivity index (χ4n) is 1.85. The Hall–Kier alpha value is -1.18. The second kappa shape index (κ2) is 5.31. The molecule has 102 valence electrons. The van der Waals surface area contributed by atoms with Crippen molar-refractivity contribution in [3.05, 3.63) is 44.4 Å². The smallest absolute Gasteiger partial charge is 0.187 e. The van der Waals surface area contributed by atoms with Crippen LogP contribution in [-0.2, 0) is 0 Å². The van der Waals surface area contributed by atoms with Crippen molar-refractivity contribution >= 4 is 49.0 Å². The minimum atomic E-state index is -0.363. The zero-order valence-electron chi connectivity index (χ0n) is 9.86. The van der Waals surface area contributed by atoms with Gasteiger partial charge in [0.05, 0.1) is 14.2 Å². The molecule has 0 spiro atoms. The zero-order chi connectivity index (χ0) is 14.3. The first-order valence-corrected chi connectivity index (χ1v) is 7.93. The maximum atomic E-state index is 14.0. The molecule has 0 bridgehead atoms. The number of halogens is 3. The third kappa shape index (κ3) is 2.30. The van der Waals surface area contributed by atoms with Crippen LogP contribution in [0.25, 0.3) is 21.8 Å². The standard InChI is InChI=1S/C13H7Br2FN2OS/c14-7-5-9(20-12(7)15)11-10(13(17)18-19-11)6-3-1-2-4-8(6)16/h1-5H,(H2,17,18). The maximum absolute atomic E-state index is 14.0. The Morgan fingerprint density at radius 2 is 2.00 bits per heavy atom. The number of hydrogen-bond acceptors (Lipinski definition) is 4. The quantitative estimate of drug-likeness (QED) is 0.614. The minimum absolute atomic E-state index is 0.172. The van der Waals surface area contributed by atoms with Crippen molar-refractivity contribution in [2.75, 3.05) is 5.73 Å². The van der Waals surface area contributed by atoms with E-state index in [1.165, 1.54) is 17.4 Å². The van der Waals surface area contributed by atoms with Crippen LogP contribution in [0.2, 0.25) is 0 Å². The fourth-order valence-corrected chi connectivity index (χ4v) is 3.87. The average molecular weight is 418 g/mol. The predicted molar refractivity (Wildman–Crippen MR) is 85.0 cm³/mol. The molecule has 0 fully saturated rings. The zero-order valence-corrected chi connectivity index (χ0v) is 13.9. The van der Waals surface area contributed by atoms with E-state index in [9.17, 15) is 4.39 Å². The Bertz CT molecular complexity index is 765. The molecule has 0 aliphatic carbocycles. The molecule has 0 saturated carbocycles. The summed E-state index contributed by atoms with van der Waals surface area (Å²) in [5.74, 6) is 0.271. The van der Waals surface area contributed by atoms with Crippen LogP contribution >= 0.6 is 43.2 Å². The summed E-state index contributed by atoms with van der Waals surface area (Å²) in [4.78, 5) is 0.811. The van der Waals surface area contributed by atoms with Crippen LogP contribution in [-0.4, -0.2) is 5.16 Å². The summed E-state index contributed by atoms with van der Waals surface area (Å²) in [6.07, 6.45) is 0. The maximum Gasteiger partial charge on any atom is 0.187 e. The average Bonchev–Trinajstić information content (AvgIpc) is 2.94. The summed E-state index contributed by atoms with van der Waals surface area (Å²) in [6, 6.07) is 8.28. The first-order chi connectivity index (χ1) is 9.58. The first kappa shape index (κ1) is 13.8. The van der Waals surface area contributed by atoms with Gasteiger partial charge in [-0.25, -0.2) is 4.39 Å². The van der Waals surface area contributed by atoms with Gasteiger partial charge in [0.1, 0.15) is 5.82 Å². The molecular formula is C13H7Br2FN2OS. The summed E-state index contributed by atoms with van der Waals surface area (Å²) >= 11 is 8.28. The number of nitrogens with zero attached hydrogens (tertiary/aromatic N) is 1.